The highest BCUT2D eigenvalue weighted by Crippen LogP contribution is 2.26. The van der Waals surface area contributed by atoms with Crippen molar-refractivity contribution >= 4 is 42.1 Å². The molecule has 2 saturated heterocycles. The van der Waals surface area contributed by atoms with Crippen molar-refractivity contribution in [3.05, 3.63) is 16.1 Å². The monoisotopic (exact) mass is 351 g/mol. The van der Waals surface area contributed by atoms with Crippen LogP contribution in [0.1, 0.15) is 23.5 Å². The van der Waals surface area contributed by atoms with Crippen molar-refractivity contribution in [2.45, 2.75) is 26.2 Å². The minimum atomic E-state index is 0. The number of thiazole rings is 1. The first-order chi connectivity index (χ1) is 9.22. The van der Waals surface area contributed by atoms with Crippen LogP contribution in [0, 0.1) is 18.8 Å². The average molecular weight is 352 g/mol. The third kappa shape index (κ3) is 4.55. The maximum absolute atomic E-state index is 12.2. The van der Waals surface area contributed by atoms with Gasteiger partial charge in [0.1, 0.15) is 0 Å². The highest BCUT2D eigenvalue weighted by Gasteiger charge is 2.37. The van der Waals surface area contributed by atoms with Gasteiger partial charge in [-0.15, -0.1) is 36.2 Å². The second kappa shape index (κ2) is 8.32. The van der Waals surface area contributed by atoms with E-state index in [2.05, 4.69) is 20.6 Å². The lowest BCUT2D eigenvalue weighted by Gasteiger charge is -2.17. The number of nitrogens with one attached hydrogen (secondary N) is 1. The molecule has 3 heterocycles. The van der Waals surface area contributed by atoms with Gasteiger partial charge in [-0.2, -0.15) is 0 Å². The van der Waals surface area contributed by atoms with Crippen LogP contribution in [0.5, 0.6) is 0 Å². The van der Waals surface area contributed by atoms with Crippen LogP contribution in [-0.4, -0.2) is 42.0 Å². The number of aromatic nitrogens is 1. The number of likely N-dealkylation sites (tertiary alicyclic amines) is 1. The highest BCUT2D eigenvalue weighted by molar-refractivity contribution is 7.09. The molecular weight excluding hydrogens is 329 g/mol. The zero-order valence-electron chi connectivity index (χ0n) is 12.2. The zero-order chi connectivity index (χ0) is 13.2. The Labute approximate surface area is 142 Å². The first-order valence-electron chi connectivity index (χ1n) is 7.12. The standard InChI is InChI=1S/C14H21N3OS.2ClH/c1-10-16-13(9-19-10)3-2-4-14(18)17-7-11-5-15-6-12(11)8-17;;/h9,11-12,15H,2-8H2,1H3;2*1H/t11-,12+;;. The largest absolute Gasteiger partial charge is 0.342 e. The number of fused-ring (bicyclic) bond motifs is 1. The number of nitrogens with zero attached hydrogens (tertiary/aromatic N) is 2. The number of carbonyl (C=O) groups is 1. The molecular formula is C14H23Cl2N3OS. The van der Waals surface area contributed by atoms with E-state index < -0.39 is 0 Å². The smallest absolute Gasteiger partial charge is 0.222 e. The number of carbonyl (C=O) groups excluding carboxylic acids is 1. The van der Waals surface area contributed by atoms with E-state index in [1.165, 1.54) is 0 Å². The minimum Gasteiger partial charge on any atom is -0.342 e. The Morgan fingerprint density at radius 2 is 2.05 bits per heavy atom. The van der Waals surface area contributed by atoms with Crippen LogP contribution in [0.4, 0.5) is 0 Å². The van der Waals surface area contributed by atoms with Gasteiger partial charge in [0, 0.05) is 38.0 Å². The van der Waals surface area contributed by atoms with Gasteiger partial charge in [0.25, 0.3) is 0 Å². The second-order valence-corrected chi connectivity index (χ2v) is 6.75. The summed E-state index contributed by atoms with van der Waals surface area (Å²) in [5.41, 5.74) is 1.14. The van der Waals surface area contributed by atoms with Crippen LogP contribution >= 0.6 is 36.2 Å². The molecule has 0 spiro atoms. The molecule has 7 heteroatoms. The Balaban J connectivity index is 0.00000110. The summed E-state index contributed by atoms with van der Waals surface area (Å²) >= 11 is 1.69. The van der Waals surface area contributed by atoms with Gasteiger partial charge in [0.2, 0.25) is 5.91 Å². The number of hydrogen-bond acceptors (Lipinski definition) is 4. The molecule has 0 bridgehead atoms. The quantitative estimate of drug-likeness (QED) is 0.904. The number of halogens is 2. The predicted octanol–water partition coefficient (Wildman–Crippen LogP) is 2.30. The van der Waals surface area contributed by atoms with E-state index in [4.69, 9.17) is 0 Å². The molecule has 0 unspecified atom stereocenters. The summed E-state index contributed by atoms with van der Waals surface area (Å²) in [6.45, 7) is 6.13. The normalized spacial score (nSPS) is 23.4. The fourth-order valence-corrected chi connectivity index (χ4v) is 3.81. The molecule has 0 radical (unpaired) electrons. The van der Waals surface area contributed by atoms with E-state index in [0.29, 0.717) is 24.2 Å². The predicted molar refractivity (Wildman–Crippen MR) is 90.7 cm³/mol. The van der Waals surface area contributed by atoms with Crippen LogP contribution in [0.15, 0.2) is 5.38 Å². The van der Waals surface area contributed by atoms with E-state index in [1.807, 2.05) is 6.92 Å². The number of hydrogen-bond donors (Lipinski definition) is 1. The summed E-state index contributed by atoms with van der Waals surface area (Å²) in [7, 11) is 0. The fourth-order valence-electron chi connectivity index (χ4n) is 3.16. The van der Waals surface area contributed by atoms with E-state index >= 15 is 0 Å². The van der Waals surface area contributed by atoms with Crippen molar-refractivity contribution in [1.82, 2.24) is 15.2 Å². The molecule has 2 aliphatic heterocycles. The summed E-state index contributed by atoms with van der Waals surface area (Å²) in [5, 5.41) is 6.62. The Bertz CT molecular complexity index is 457. The molecule has 1 aromatic rings. The maximum Gasteiger partial charge on any atom is 0.222 e. The fraction of sp³-hybridized carbons (Fsp3) is 0.714. The van der Waals surface area contributed by atoms with Gasteiger partial charge in [-0.1, -0.05) is 0 Å². The number of rotatable bonds is 4. The van der Waals surface area contributed by atoms with Crippen LogP contribution < -0.4 is 5.32 Å². The Morgan fingerprint density at radius 3 is 2.62 bits per heavy atom. The lowest BCUT2D eigenvalue weighted by molar-refractivity contribution is -0.130. The van der Waals surface area contributed by atoms with Crippen molar-refractivity contribution in [3.8, 4) is 0 Å². The molecule has 2 fully saturated rings. The Morgan fingerprint density at radius 1 is 1.38 bits per heavy atom. The van der Waals surface area contributed by atoms with Crippen LogP contribution in [0.2, 0.25) is 0 Å². The third-order valence-electron chi connectivity index (χ3n) is 4.23. The number of aryl methyl sites for hydroxylation is 2. The maximum atomic E-state index is 12.2. The molecule has 0 saturated carbocycles. The third-order valence-corrected chi connectivity index (χ3v) is 5.05. The van der Waals surface area contributed by atoms with E-state index in [1.54, 1.807) is 11.3 Å². The van der Waals surface area contributed by atoms with Gasteiger partial charge in [0.15, 0.2) is 0 Å². The molecule has 21 heavy (non-hydrogen) atoms. The molecule has 1 aromatic heterocycles. The van der Waals surface area contributed by atoms with Crippen molar-refractivity contribution < 1.29 is 4.79 Å². The number of amides is 1. The van der Waals surface area contributed by atoms with Gasteiger partial charge >= 0.3 is 0 Å². The van der Waals surface area contributed by atoms with Crippen LogP contribution in [-0.2, 0) is 11.2 Å². The molecule has 0 aliphatic carbocycles. The summed E-state index contributed by atoms with van der Waals surface area (Å²) in [6.07, 6.45) is 2.52. The molecule has 120 valence electrons. The topological polar surface area (TPSA) is 45.2 Å². The first-order valence-corrected chi connectivity index (χ1v) is 8.00. The van der Waals surface area contributed by atoms with Crippen LogP contribution in [0.3, 0.4) is 0 Å². The summed E-state index contributed by atoms with van der Waals surface area (Å²) < 4.78 is 0. The molecule has 2 atom stereocenters. The molecule has 2 aliphatic rings. The van der Waals surface area contributed by atoms with Crippen LogP contribution in [0.25, 0.3) is 0 Å². The summed E-state index contributed by atoms with van der Waals surface area (Å²) in [6, 6.07) is 0. The van der Waals surface area contributed by atoms with Crippen molar-refractivity contribution in [1.29, 1.82) is 0 Å². The summed E-state index contributed by atoms with van der Waals surface area (Å²) in [4.78, 5) is 18.7. The second-order valence-electron chi connectivity index (χ2n) is 5.69. The highest BCUT2D eigenvalue weighted by atomic mass is 35.5. The van der Waals surface area contributed by atoms with Gasteiger partial charge in [-0.3, -0.25) is 4.79 Å². The molecule has 0 aromatic carbocycles. The Kier molecular flexibility index (Phi) is 7.40. The molecule has 1 N–H and O–H groups in total. The van der Waals surface area contributed by atoms with E-state index in [-0.39, 0.29) is 24.8 Å². The molecule has 3 rings (SSSR count). The van der Waals surface area contributed by atoms with E-state index in [9.17, 15) is 4.79 Å². The average Bonchev–Trinajstić information content (AvgIpc) is 3.03. The van der Waals surface area contributed by atoms with E-state index in [0.717, 1.165) is 49.7 Å². The summed E-state index contributed by atoms with van der Waals surface area (Å²) in [5.74, 6) is 1.73. The lowest BCUT2D eigenvalue weighted by atomic mass is 10.0. The Hall–Kier alpha value is -0.360. The zero-order valence-corrected chi connectivity index (χ0v) is 14.7. The van der Waals surface area contributed by atoms with Crippen molar-refractivity contribution in [3.63, 3.8) is 0 Å². The van der Waals surface area contributed by atoms with Gasteiger partial charge in [-0.05, 0) is 31.6 Å². The molecule has 4 nitrogen and oxygen atoms in total. The van der Waals surface area contributed by atoms with Gasteiger partial charge < -0.3 is 10.2 Å². The van der Waals surface area contributed by atoms with Gasteiger partial charge in [0.05, 0.1) is 10.7 Å². The molecule has 1 amide bonds. The minimum absolute atomic E-state index is 0. The SMILES string of the molecule is Cc1nc(CCCC(=O)N2C[C@H]3CNC[C@H]3C2)cs1.Cl.Cl. The van der Waals surface area contributed by atoms with Gasteiger partial charge in [-0.25, -0.2) is 4.98 Å². The lowest BCUT2D eigenvalue weighted by Crippen LogP contribution is -2.31. The van der Waals surface area contributed by atoms with Crippen molar-refractivity contribution in [2.24, 2.45) is 11.8 Å². The van der Waals surface area contributed by atoms with Crippen molar-refractivity contribution in [2.75, 3.05) is 26.2 Å². The first kappa shape index (κ1) is 18.7.